The lowest BCUT2D eigenvalue weighted by Crippen LogP contribution is -2.63. The number of methoxy groups -OCH3 is 1. The minimum Gasteiger partial charge on any atom is -0.465 e. The minimum atomic E-state index is -3.44. The Morgan fingerprint density at radius 2 is 1.75 bits per heavy atom. The van der Waals surface area contributed by atoms with Gasteiger partial charge in [0.25, 0.3) is 5.91 Å². The molecule has 4 nitrogen and oxygen atoms in total. The zero-order valence-corrected chi connectivity index (χ0v) is 12.9. The maximum absolute atomic E-state index is 14.1. The molecule has 1 aliphatic heterocycles. The lowest BCUT2D eigenvalue weighted by Gasteiger charge is -2.46. The quantitative estimate of drug-likeness (QED) is 0.638. The smallest absolute Gasteiger partial charge is 0.348 e. The molecule has 0 unspecified atom stereocenters. The molecule has 1 fully saturated rings. The Labute approximate surface area is 137 Å². The van der Waals surface area contributed by atoms with Gasteiger partial charge < -0.3 is 9.64 Å². The molecule has 0 aliphatic carbocycles. The van der Waals surface area contributed by atoms with E-state index >= 15 is 0 Å². The Kier molecular flexibility index (Phi) is 4.05. The first-order valence-electron chi connectivity index (χ1n) is 7.36. The molecule has 0 N–H and O–H groups in total. The maximum Gasteiger partial charge on any atom is 0.348 e. The SMILES string of the molecule is COC(=O)c1ccc([C@H]2N(Cc3ccccc3)C(=O)C2(F)F)cc1. The Morgan fingerprint density at radius 3 is 2.33 bits per heavy atom. The lowest BCUT2D eigenvalue weighted by atomic mass is 9.88. The molecule has 0 spiro atoms. The summed E-state index contributed by atoms with van der Waals surface area (Å²) >= 11 is 0. The molecule has 0 aromatic heterocycles. The highest BCUT2D eigenvalue weighted by molar-refractivity contribution is 5.92. The lowest BCUT2D eigenvalue weighted by molar-refractivity contribution is -0.207. The molecule has 2 aromatic rings. The molecule has 1 saturated heterocycles. The van der Waals surface area contributed by atoms with Crippen molar-refractivity contribution in [3.05, 3.63) is 71.3 Å². The average molecular weight is 331 g/mol. The largest absolute Gasteiger partial charge is 0.465 e. The molecule has 3 rings (SSSR count). The van der Waals surface area contributed by atoms with Crippen LogP contribution < -0.4 is 0 Å². The minimum absolute atomic E-state index is 0.110. The second-order valence-electron chi connectivity index (χ2n) is 5.56. The van der Waals surface area contributed by atoms with Crippen LogP contribution in [0.4, 0.5) is 8.78 Å². The normalized spacial score (nSPS) is 18.9. The zero-order valence-electron chi connectivity index (χ0n) is 12.9. The van der Waals surface area contributed by atoms with Crippen LogP contribution in [0.15, 0.2) is 54.6 Å². The topological polar surface area (TPSA) is 46.6 Å². The molecule has 0 bridgehead atoms. The summed E-state index contributed by atoms with van der Waals surface area (Å²) in [5.74, 6) is -5.17. The van der Waals surface area contributed by atoms with Gasteiger partial charge in [0.1, 0.15) is 6.04 Å². The first-order valence-corrected chi connectivity index (χ1v) is 7.36. The number of ether oxygens (including phenoxy) is 1. The number of amides is 1. The molecule has 1 heterocycles. The number of carbonyl (C=O) groups excluding carboxylic acids is 2. The van der Waals surface area contributed by atoms with E-state index in [4.69, 9.17) is 0 Å². The van der Waals surface area contributed by atoms with E-state index in [0.29, 0.717) is 0 Å². The fourth-order valence-electron chi connectivity index (χ4n) is 2.81. The molecule has 0 radical (unpaired) electrons. The van der Waals surface area contributed by atoms with Crippen LogP contribution in [0.3, 0.4) is 0 Å². The summed E-state index contributed by atoms with van der Waals surface area (Å²) in [6.45, 7) is 0.110. The van der Waals surface area contributed by atoms with Crippen molar-refractivity contribution in [3.8, 4) is 0 Å². The van der Waals surface area contributed by atoms with Crippen LogP contribution in [0.5, 0.6) is 0 Å². The van der Waals surface area contributed by atoms with Crippen molar-refractivity contribution in [1.82, 2.24) is 4.90 Å². The number of benzene rings is 2. The average Bonchev–Trinajstić information content (AvgIpc) is 2.61. The third-order valence-corrected chi connectivity index (χ3v) is 4.04. The zero-order chi connectivity index (χ0) is 17.3. The second-order valence-corrected chi connectivity index (χ2v) is 5.56. The van der Waals surface area contributed by atoms with Gasteiger partial charge in [0.2, 0.25) is 0 Å². The van der Waals surface area contributed by atoms with E-state index in [1.54, 1.807) is 24.3 Å². The van der Waals surface area contributed by atoms with E-state index in [0.717, 1.165) is 10.5 Å². The number of nitrogens with zero attached hydrogens (tertiary/aromatic N) is 1. The predicted molar refractivity (Wildman–Crippen MR) is 82.5 cm³/mol. The van der Waals surface area contributed by atoms with E-state index < -0.39 is 23.8 Å². The van der Waals surface area contributed by atoms with Gasteiger partial charge in [0, 0.05) is 6.54 Å². The Hall–Kier alpha value is -2.76. The van der Waals surface area contributed by atoms with E-state index in [2.05, 4.69) is 4.74 Å². The highest BCUT2D eigenvalue weighted by atomic mass is 19.3. The van der Waals surface area contributed by atoms with Gasteiger partial charge in [0.15, 0.2) is 0 Å². The van der Waals surface area contributed by atoms with Crippen LogP contribution in [0.2, 0.25) is 0 Å². The Bertz CT molecular complexity index is 760. The van der Waals surface area contributed by atoms with Gasteiger partial charge in [-0.3, -0.25) is 4.79 Å². The van der Waals surface area contributed by atoms with Gasteiger partial charge in [-0.05, 0) is 23.3 Å². The van der Waals surface area contributed by atoms with Crippen molar-refractivity contribution in [2.75, 3.05) is 7.11 Å². The molecule has 1 atom stereocenters. The van der Waals surface area contributed by atoms with Crippen LogP contribution >= 0.6 is 0 Å². The molecule has 124 valence electrons. The summed E-state index contributed by atoms with van der Waals surface area (Å²) in [4.78, 5) is 24.4. The van der Waals surface area contributed by atoms with Gasteiger partial charge in [-0.1, -0.05) is 42.5 Å². The first kappa shape index (κ1) is 16.1. The van der Waals surface area contributed by atoms with Gasteiger partial charge in [0.05, 0.1) is 12.7 Å². The monoisotopic (exact) mass is 331 g/mol. The van der Waals surface area contributed by atoms with E-state index in [9.17, 15) is 18.4 Å². The van der Waals surface area contributed by atoms with E-state index in [1.165, 1.54) is 31.4 Å². The van der Waals surface area contributed by atoms with Gasteiger partial charge >= 0.3 is 11.9 Å². The fraction of sp³-hybridized carbons (Fsp3) is 0.222. The first-order chi connectivity index (χ1) is 11.4. The summed E-state index contributed by atoms with van der Waals surface area (Å²) < 4.78 is 32.7. The predicted octanol–water partition coefficient (Wildman–Crippen LogP) is 3.19. The van der Waals surface area contributed by atoms with Gasteiger partial charge in [-0.2, -0.15) is 8.78 Å². The summed E-state index contributed by atoms with van der Waals surface area (Å²) in [5.41, 5.74) is 1.32. The number of carbonyl (C=O) groups is 2. The highest BCUT2D eigenvalue weighted by Gasteiger charge is 2.63. The third-order valence-electron chi connectivity index (χ3n) is 4.04. The van der Waals surface area contributed by atoms with Crippen LogP contribution in [0.1, 0.15) is 27.5 Å². The number of likely N-dealkylation sites (tertiary alicyclic amines) is 1. The van der Waals surface area contributed by atoms with Crippen LogP contribution in [-0.4, -0.2) is 29.8 Å². The third kappa shape index (κ3) is 2.64. The van der Waals surface area contributed by atoms with Crippen molar-refractivity contribution >= 4 is 11.9 Å². The molecule has 24 heavy (non-hydrogen) atoms. The summed E-state index contributed by atoms with van der Waals surface area (Å²) in [5, 5.41) is 0. The molecule has 6 heteroatoms. The van der Waals surface area contributed by atoms with Crippen molar-refractivity contribution in [2.24, 2.45) is 0 Å². The van der Waals surface area contributed by atoms with Crippen molar-refractivity contribution in [2.45, 2.75) is 18.5 Å². The summed E-state index contributed by atoms with van der Waals surface area (Å²) in [7, 11) is 1.25. The Balaban J connectivity index is 1.86. The molecule has 0 saturated carbocycles. The molecular weight excluding hydrogens is 316 g/mol. The van der Waals surface area contributed by atoms with Crippen molar-refractivity contribution in [3.63, 3.8) is 0 Å². The molecule has 1 amide bonds. The number of hydrogen-bond donors (Lipinski definition) is 0. The standard InChI is InChI=1S/C18H15F2NO3/c1-24-16(22)14-9-7-13(8-10-14)15-18(19,20)17(23)21(15)11-12-5-3-2-4-6-12/h2-10,15H,11H2,1H3/t15-/m1/s1. The summed E-state index contributed by atoms with van der Waals surface area (Å²) in [6, 6.07) is 13.3. The van der Waals surface area contributed by atoms with Gasteiger partial charge in [-0.15, -0.1) is 0 Å². The van der Waals surface area contributed by atoms with Gasteiger partial charge in [-0.25, -0.2) is 4.79 Å². The number of esters is 1. The van der Waals surface area contributed by atoms with E-state index in [-0.39, 0.29) is 17.7 Å². The fourth-order valence-corrected chi connectivity index (χ4v) is 2.81. The Morgan fingerprint density at radius 1 is 1.12 bits per heavy atom. The molecular formula is C18H15F2NO3. The van der Waals surface area contributed by atoms with Crippen molar-refractivity contribution < 1.29 is 23.1 Å². The maximum atomic E-state index is 14.1. The van der Waals surface area contributed by atoms with Crippen LogP contribution in [0.25, 0.3) is 0 Å². The second kappa shape index (κ2) is 6.03. The molecule has 2 aromatic carbocycles. The number of halogens is 2. The van der Waals surface area contributed by atoms with E-state index in [1.807, 2.05) is 6.07 Å². The van der Waals surface area contributed by atoms with Crippen molar-refractivity contribution in [1.29, 1.82) is 0 Å². The number of rotatable bonds is 4. The number of alkyl halides is 2. The molecule has 1 aliphatic rings. The number of β-lactam (4-membered cyclic amide) rings is 1. The van der Waals surface area contributed by atoms with Crippen LogP contribution in [0, 0.1) is 0 Å². The number of hydrogen-bond acceptors (Lipinski definition) is 3. The summed E-state index contributed by atoms with van der Waals surface area (Å²) in [6.07, 6.45) is 0. The van der Waals surface area contributed by atoms with Crippen LogP contribution in [-0.2, 0) is 16.1 Å². The highest BCUT2D eigenvalue weighted by Crippen LogP contribution is 2.48.